The zero-order valence-electron chi connectivity index (χ0n) is 13.1. The predicted molar refractivity (Wildman–Crippen MR) is 82.2 cm³/mol. The van der Waals surface area contributed by atoms with Crippen LogP contribution in [0.4, 0.5) is 0 Å². The molecule has 1 N–H and O–H groups in total. The fraction of sp³-hybridized carbons (Fsp3) is 0.562. The maximum absolute atomic E-state index is 12.0. The van der Waals surface area contributed by atoms with E-state index < -0.39 is 0 Å². The molecule has 1 amide bonds. The molecule has 0 unspecified atom stereocenters. The van der Waals surface area contributed by atoms with E-state index >= 15 is 0 Å². The summed E-state index contributed by atoms with van der Waals surface area (Å²) < 4.78 is 16.1. The molecule has 0 aliphatic heterocycles. The lowest BCUT2D eigenvalue weighted by Crippen LogP contribution is -2.25. The average Bonchev–Trinajstić information content (AvgIpc) is 2.50. The second-order valence-electron chi connectivity index (χ2n) is 4.55. The molecule has 5 heteroatoms. The van der Waals surface area contributed by atoms with Gasteiger partial charge in [-0.1, -0.05) is 6.92 Å². The molecule has 0 radical (unpaired) electrons. The average molecular weight is 295 g/mol. The van der Waals surface area contributed by atoms with Gasteiger partial charge in [-0.2, -0.15) is 0 Å². The second-order valence-corrected chi connectivity index (χ2v) is 4.55. The summed E-state index contributed by atoms with van der Waals surface area (Å²) in [4.78, 5) is 12.0. The molecule has 0 spiro atoms. The summed E-state index contributed by atoms with van der Waals surface area (Å²) in [5.74, 6) is 1.17. The predicted octanol–water partition coefficient (Wildman–Crippen LogP) is 2.64. The van der Waals surface area contributed by atoms with Crippen molar-refractivity contribution in [2.24, 2.45) is 0 Å². The van der Waals surface area contributed by atoms with Gasteiger partial charge in [0.05, 0.1) is 13.2 Å². The van der Waals surface area contributed by atoms with E-state index in [4.69, 9.17) is 14.2 Å². The Balaban J connectivity index is 2.69. The molecule has 1 aromatic carbocycles. The zero-order valence-corrected chi connectivity index (χ0v) is 13.1. The molecule has 1 rings (SSSR count). The summed E-state index contributed by atoms with van der Waals surface area (Å²) in [5, 5.41) is 2.85. The summed E-state index contributed by atoms with van der Waals surface area (Å²) in [7, 11) is 1.64. The number of ether oxygens (including phenoxy) is 3. The third-order valence-corrected chi connectivity index (χ3v) is 2.78. The van der Waals surface area contributed by atoms with Crippen molar-refractivity contribution in [2.75, 3.05) is 33.5 Å². The van der Waals surface area contributed by atoms with Gasteiger partial charge in [-0.15, -0.1) is 0 Å². The number of hydrogen-bond donors (Lipinski definition) is 1. The van der Waals surface area contributed by atoms with Crippen LogP contribution in [0.25, 0.3) is 0 Å². The SMILES string of the molecule is CCCOc1ccc(C(=O)NCCCOC)cc1OCC. The van der Waals surface area contributed by atoms with Crippen LogP contribution < -0.4 is 14.8 Å². The first kappa shape index (κ1) is 17.3. The van der Waals surface area contributed by atoms with Gasteiger partial charge in [0.1, 0.15) is 0 Å². The molecule has 21 heavy (non-hydrogen) atoms. The molecule has 0 aliphatic rings. The van der Waals surface area contributed by atoms with Crippen molar-refractivity contribution in [3.8, 4) is 11.5 Å². The van der Waals surface area contributed by atoms with Crippen LogP contribution in [-0.2, 0) is 4.74 Å². The third-order valence-electron chi connectivity index (χ3n) is 2.78. The van der Waals surface area contributed by atoms with E-state index in [1.807, 2.05) is 13.8 Å². The largest absolute Gasteiger partial charge is 0.490 e. The Kier molecular flexibility index (Phi) is 8.28. The van der Waals surface area contributed by atoms with Gasteiger partial charge in [0.25, 0.3) is 5.91 Å². The quantitative estimate of drug-likeness (QED) is 0.674. The van der Waals surface area contributed by atoms with Crippen LogP contribution in [0, 0.1) is 0 Å². The highest BCUT2D eigenvalue weighted by Gasteiger charge is 2.11. The molecule has 1 aromatic rings. The van der Waals surface area contributed by atoms with Crippen molar-refractivity contribution in [3.05, 3.63) is 23.8 Å². The Morgan fingerprint density at radius 2 is 1.95 bits per heavy atom. The van der Waals surface area contributed by atoms with Gasteiger partial charge >= 0.3 is 0 Å². The van der Waals surface area contributed by atoms with Crippen molar-refractivity contribution in [1.82, 2.24) is 5.32 Å². The van der Waals surface area contributed by atoms with E-state index in [0.29, 0.717) is 43.4 Å². The minimum absolute atomic E-state index is 0.117. The third kappa shape index (κ3) is 6.04. The Labute approximate surface area is 126 Å². The van der Waals surface area contributed by atoms with Crippen LogP contribution in [0.3, 0.4) is 0 Å². The minimum Gasteiger partial charge on any atom is -0.490 e. The van der Waals surface area contributed by atoms with Crippen molar-refractivity contribution >= 4 is 5.91 Å². The van der Waals surface area contributed by atoms with E-state index in [9.17, 15) is 4.79 Å². The molecule has 0 aromatic heterocycles. The van der Waals surface area contributed by atoms with E-state index in [0.717, 1.165) is 12.8 Å². The number of nitrogens with one attached hydrogen (secondary N) is 1. The van der Waals surface area contributed by atoms with Crippen LogP contribution >= 0.6 is 0 Å². The molecular weight excluding hydrogens is 270 g/mol. The van der Waals surface area contributed by atoms with Crippen LogP contribution in [0.2, 0.25) is 0 Å². The van der Waals surface area contributed by atoms with Gasteiger partial charge in [-0.25, -0.2) is 0 Å². The lowest BCUT2D eigenvalue weighted by atomic mass is 10.2. The number of rotatable bonds is 10. The van der Waals surface area contributed by atoms with Crippen LogP contribution in [-0.4, -0.2) is 39.4 Å². The molecule has 0 heterocycles. The summed E-state index contributed by atoms with van der Waals surface area (Å²) in [6, 6.07) is 5.25. The Hall–Kier alpha value is -1.75. The van der Waals surface area contributed by atoms with E-state index in [1.54, 1.807) is 25.3 Å². The fourth-order valence-electron chi connectivity index (χ4n) is 1.77. The molecule has 0 fully saturated rings. The van der Waals surface area contributed by atoms with Crippen LogP contribution in [0.15, 0.2) is 18.2 Å². The van der Waals surface area contributed by atoms with Gasteiger partial charge < -0.3 is 19.5 Å². The lowest BCUT2D eigenvalue weighted by Gasteiger charge is -2.13. The molecule has 0 saturated carbocycles. The summed E-state index contributed by atoms with van der Waals surface area (Å²) in [6.07, 6.45) is 1.71. The molecule has 118 valence electrons. The highest BCUT2D eigenvalue weighted by Crippen LogP contribution is 2.28. The Bertz CT molecular complexity index is 434. The zero-order chi connectivity index (χ0) is 15.5. The summed E-state index contributed by atoms with van der Waals surface area (Å²) in [5.41, 5.74) is 0.569. The molecule has 5 nitrogen and oxygen atoms in total. The number of hydrogen-bond acceptors (Lipinski definition) is 4. The van der Waals surface area contributed by atoms with Crippen molar-refractivity contribution in [2.45, 2.75) is 26.7 Å². The maximum atomic E-state index is 12.0. The molecule has 0 saturated heterocycles. The normalized spacial score (nSPS) is 10.2. The van der Waals surface area contributed by atoms with Crippen molar-refractivity contribution in [3.63, 3.8) is 0 Å². The van der Waals surface area contributed by atoms with Gasteiger partial charge in [0.2, 0.25) is 0 Å². The number of carbonyl (C=O) groups excluding carboxylic acids is 1. The van der Waals surface area contributed by atoms with Gasteiger partial charge in [0.15, 0.2) is 11.5 Å². The van der Waals surface area contributed by atoms with E-state index in [-0.39, 0.29) is 5.91 Å². The molecular formula is C16H25NO4. The van der Waals surface area contributed by atoms with Gasteiger partial charge in [-0.05, 0) is 38.0 Å². The number of benzene rings is 1. The van der Waals surface area contributed by atoms with Crippen LogP contribution in [0.5, 0.6) is 11.5 Å². The summed E-state index contributed by atoms with van der Waals surface area (Å²) >= 11 is 0. The van der Waals surface area contributed by atoms with Crippen molar-refractivity contribution in [1.29, 1.82) is 0 Å². The van der Waals surface area contributed by atoms with E-state index in [1.165, 1.54) is 0 Å². The number of carbonyl (C=O) groups is 1. The second kappa shape index (κ2) is 10.0. The van der Waals surface area contributed by atoms with Gasteiger partial charge in [-0.3, -0.25) is 4.79 Å². The highest BCUT2D eigenvalue weighted by atomic mass is 16.5. The maximum Gasteiger partial charge on any atom is 0.251 e. The molecule has 0 bridgehead atoms. The van der Waals surface area contributed by atoms with Crippen LogP contribution in [0.1, 0.15) is 37.0 Å². The fourth-order valence-corrected chi connectivity index (χ4v) is 1.77. The Morgan fingerprint density at radius 3 is 2.62 bits per heavy atom. The lowest BCUT2D eigenvalue weighted by molar-refractivity contribution is 0.0948. The molecule has 0 atom stereocenters. The Morgan fingerprint density at radius 1 is 1.14 bits per heavy atom. The topological polar surface area (TPSA) is 56.8 Å². The first-order valence-corrected chi connectivity index (χ1v) is 7.39. The highest BCUT2D eigenvalue weighted by molar-refractivity contribution is 5.94. The number of amides is 1. The first-order valence-electron chi connectivity index (χ1n) is 7.39. The van der Waals surface area contributed by atoms with Crippen molar-refractivity contribution < 1.29 is 19.0 Å². The first-order chi connectivity index (χ1) is 10.2. The standard InChI is InChI=1S/C16H25NO4/c1-4-10-21-14-8-7-13(12-15(14)20-5-2)16(18)17-9-6-11-19-3/h7-8,12H,4-6,9-11H2,1-3H3,(H,17,18). The summed E-state index contributed by atoms with van der Waals surface area (Å²) in [6.45, 7) is 6.33. The smallest absolute Gasteiger partial charge is 0.251 e. The van der Waals surface area contributed by atoms with Gasteiger partial charge in [0, 0.05) is 25.8 Å². The van der Waals surface area contributed by atoms with E-state index in [2.05, 4.69) is 5.32 Å². The monoisotopic (exact) mass is 295 g/mol. The number of methoxy groups -OCH3 is 1. The molecule has 0 aliphatic carbocycles. The minimum atomic E-state index is -0.117.